The van der Waals surface area contributed by atoms with Gasteiger partial charge in [-0.05, 0) is 28.7 Å². The Morgan fingerprint density at radius 3 is 2.31 bits per heavy atom. The van der Waals surface area contributed by atoms with E-state index in [2.05, 4.69) is 22.6 Å². The lowest BCUT2D eigenvalue weighted by molar-refractivity contribution is 0.354. The van der Waals surface area contributed by atoms with Crippen LogP contribution in [0.1, 0.15) is 0 Å². The quantitative estimate of drug-likeness (QED) is 0.674. The lowest BCUT2D eigenvalue weighted by atomic mass is 10.3. The molecular formula is C8H9ClINO2. The van der Waals surface area contributed by atoms with Crippen molar-refractivity contribution in [3.05, 3.63) is 14.7 Å². The van der Waals surface area contributed by atoms with Gasteiger partial charge in [-0.25, -0.2) is 0 Å². The Bertz CT molecular complexity index is 330. The fourth-order valence-corrected chi connectivity index (χ4v) is 2.14. The molecule has 0 aliphatic rings. The maximum atomic E-state index is 5.86. The molecule has 13 heavy (non-hydrogen) atoms. The van der Waals surface area contributed by atoms with Crippen LogP contribution in [0.4, 0.5) is 5.69 Å². The minimum Gasteiger partial charge on any atom is -0.492 e. The molecule has 1 aromatic rings. The first-order chi connectivity index (χ1) is 6.11. The number of ether oxygens (including phenoxy) is 2. The molecule has 0 aliphatic heterocycles. The molecule has 0 unspecified atom stereocenters. The fraction of sp³-hybridized carbons (Fsp3) is 0.250. The molecule has 0 spiro atoms. The molecule has 1 rings (SSSR count). The topological polar surface area (TPSA) is 44.5 Å². The second kappa shape index (κ2) is 4.23. The molecule has 0 bridgehead atoms. The van der Waals surface area contributed by atoms with Crippen molar-refractivity contribution in [3.63, 3.8) is 0 Å². The van der Waals surface area contributed by atoms with E-state index in [-0.39, 0.29) is 0 Å². The number of hydrogen-bond acceptors (Lipinski definition) is 3. The molecule has 0 amide bonds. The smallest absolute Gasteiger partial charge is 0.186 e. The summed E-state index contributed by atoms with van der Waals surface area (Å²) in [6.45, 7) is 0. The van der Waals surface area contributed by atoms with Crippen LogP contribution in [0.2, 0.25) is 5.02 Å². The van der Waals surface area contributed by atoms with Crippen molar-refractivity contribution in [1.82, 2.24) is 0 Å². The zero-order valence-corrected chi connectivity index (χ0v) is 10.1. The molecule has 0 aromatic heterocycles. The van der Waals surface area contributed by atoms with E-state index in [4.69, 9.17) is 26.8 Å². The van der Waals surface area contributed by atoms with Crippen LogP contribution in [0.25, 0.3) is 0 Å². The Kier molecular flexibility index (Phi) is 3.49. The molecule has 5 heteroatoms. The molecule has 3 nitrogen and oxygen atoms in total. The van der Waals surface area contributed by atoms with Gasteiger partial charge in [0.2, 0.25) is 0 Å². The van der Waals surface area contributed by atoms with Gasteiger partial charge in [0, 0.05) is 0 Å². The van der Waals surface area contributed by atoms with E-state index in [9.17, 15) is 0 Å². The number of anilines is 1. The summed E-state index contributed by atoms with van der Waals surface area (Å²) in [5.41, 5.74) is 6.10. The van der Waals surface area contributed by atoms with Gasteiger partial charge in [0.25, 0.3) is 0 Å². The first-order valence-electron chi connectivity index (χ1n) is 3.47. The lowest BCUT2D eigenvalue weighted by Gasteiger charge is -2.12. The number of methoxy groups -OCH3 is 2. The average Bonchev–Trinajstić information content (AvgIpc) is 2.10. The molecule has 0 saturated carbocycles. The second-order valence-electron chi connectivity index (χ2n) is 2.32. The van der Waals surface area contributed by atoms with E-state index in [1.807, 2.05) is 0 Å². The Labute approximate surface area is 95.3 Å². The Balaban J connectivity index is 3.41. The van der Waals surface area contributed by atoms with Crippen LogP contribution in [0.5, 0.6) is 11.5 Å². The van der Waals surface area contributed by atoms with Crippen LogP contribution < -0.4 is 15.2 Å². The second-order valence-corrected chi connectivity index (χ2v) is 3.89. The molecule has 0 heterocycles. The maximum absolute atomic E-state index is 5.86. The van der Waals surface area contributed by atoms with Crippen molar-refractivity contribution < 1.29 is 9.47 Å². The SMILES string of the molecule is COc1c(I)cc(Cl)c(N)c1OC. The normalized spacial score (nSPS) is 9.85. The van der Waals surface area contributed by atoms with Crippen molar-refractivity contribution in [2.45, 2.75) is 0 Å². The summed E-state index contributed by atoms with van der Waals surface area (Å²) in [4.78, 5) is 0. The Morgan fingerprint density at radius 1 is 1.31 bits per heavy atom. The third-order valence-electron chi connectivity index (χ3n) is 1.59. The zero-order chi connectivity index (χ0) is 10.0. The molecule has 0 radical (unpaired) electrons. The van der Waals surface area contributed by atoms with E-state index in [1.54, 1.807) is 13.2 Å². The van der Waals surface area contributed by atoms with E-state index in [0.717, 1.165) is 3.57 Å². The third kappa shape index (κ3) is 1.94. The van der Waals surface area contributed by atoms with Gasteiger partial charge in [-0.2, -0.15) is 0 Å². The van der Waals surface area contributed by atoms with Crippen molar-refractivity contribution >= 4 is 39.9 Å². The van der Waals surface area contributed by atoms with Crippen LogP contribution in [0.15, 0.2) is 6.07 Å². The average molecular weight is 314 g/mol. The lowest BCUT2D eigenvalue weighted by Crippen LogP contribution is -1.98. The Hall–Kier alpha value is -0.360. The number of hydrogen-bond donors (Lipinski definition) is 1. The Morgan fingerprint density at radius 2 is 1.85 bits per heavy atom. The predicted molar refractivity (Wildman–Crippen MR) is 61.7 cm³/mol. The molecule has 0 saturated heterocycles. The van der Waals surface area contributed by atoms with Crippen molar-refractivity contribution in [3.8, 4) is 11.5 Å². The van der Waals surface area contributed by atoms with E-state index >= 15 is 0 Å². The minimum atomic E-state index is 0.404. The summed E-state index contributed by atoms with van der Waals surface area (Å²) in [6, 6.07) is 1.73. The van der Waals surface area contributed by atoms with Crippen molar-refractivity contribution in [2.75, 3.05) is 20.0 Å². The number of benzene rings is 1. The first kappa shape index (κ1) is 10.7. The fourth-order valence-electron chi connectivity index (χ4n) is 0.987. The number of nitrogens with two attached hydrogens (primary N) is 1. The van der Waals surface area contributed by atoms with Crippen molar-refractivity contribution in [1.29, 1.82) is 0 Å². The summed E-state index contributed by atoms with van der Waals surface area (Å²) >= 11 is 7.97. The summed E-state index contributed by atoms with van der Waals surface area (Å²) in [5, 5.41) is 0.474. The molecule has 0 fully saturated rings. The van der Waals surface area contributed by atoms with Gasteiger partial charge in [0.05, 0.1) is 28.5 Å². The summed E-state index contributed by atoms with van der Waals surface area (Å²) < 4.78 is 11.1. The van der Waals surface area contributed by atoms with Crippen LogP contribution in [0.3, 0.4) is 0 Å². The summed E-state index contributed by atoms with van der Waals surface area (Å²) in [6.07, 6.45) is 0. The van der Waals surface area contributed by atoms with E-state index in [0.29, 0.717) is 22.2 Å². The highest BCUT2D eigenvalue weighted by atomic mass is 127. The highest BCUT2D eigenvalue weighted by Gasteiger charge is 2.14. The highest BCUT2D eigenvalue weighted by molar-refractivity contribution is 14.1. The highest BCUT2D eigenvalue weighted by Crippen LogP contribution is 2.41. The molecule has 0 atom stereocenters. The van der Waals surface area contributed by atoms with Crippen molar-refractivity contribution in [2.24, 2.45) is 0 Å². The molecule has 72 valence electrons. The number of rotatable bonds is 2. The minimum absolute atomic E-state index is 0.404. The zero-order valence-electron chi connectivity index (χ0n) is 7.23. The largest absolute Gasteiger partial charge is 0.492 e. The van der Waals surface area contributed by atoms with Gasteiger partial charge in [0.1, 0.15) is 0 Å². The number of nitrogen functional groups attached to an aromatic ring is 1. The van der Waals surface area contributed by atoms with Crippen LogP contribution in [-0.2, 0) is 0 Å². The summed E-state index contributed by atoms with van der Waals surface area (Å²) in [5.74, 6) is 1.10. The van der Waals surface area contributed by atoms with Gasteiger partial charge in [0.15, 0.2) is 11.5 Å². The maximum Gasteiger partial charge on any atom is 0.186 e. The van der Waals surface area contributed by atoms with Crippen LogP contribution in [0, 0.1) is 3.57 Å². The molecule has 0 aliphatic carbocycles. The van der Waals surface area contributed by atoms with Gasteiger partial charge < -0.3 is 15.2 Å². The molecular weight excluding hydrogens is 304 g/mol. The summed E-state index contributed by atoms with van der Waals surface area (Å²) in [7, 11) is 3.09. The molecule has 2 N–H and O–H groups in total. The monoisotopic (exact) mass is 313 g/mol. The van der Waals surface area contributed by atoms with E-state index in [1.165, 1.54) is 7.11 Å². The first-order valence-corrected chi connectivity index (χ1v) is 4.93. The predicted octanol–water partition coefficient (Wildman–Crippen LogP) is 2.54. The van der Waals surface area contributed by atoms with Gasteiger partial charge in [-0.3, -0.25) is 0 Å². The van der Waals surface area contributed by atoms with Gasteiger partial charge in [-0.1, -0.05) is 11.6 Å². The van der Waals surface area contributed by atoms with E-state index < -0.39 is 0 Å². The standard InChI is InChI=1S/C8H9ClINO2/c1-12-7-5(10)3-4(9)6(11)8(7)13-2/h3H,11H2,1-2H3. The van der Waals surface area contributed by atoms with Crippen LogP contribution >= 0.6 is 34.2 Å². The van der Waals surface area contributed by atoms with Gasteiger partial charge in [-0.15, -0.1) is 0 Å². The van der Waals surface area contributed by atoms with Gasteiger partial charge >= 0.3 is 0 Å². The molecule has 1 aromatic carbocycles. The number of halogens is 2. The third-order valence-corrected chi connectivity index (χ3v) is 2.70. The van der Waals surface area contributed by atoms with Crippen LogP contribution in [-0.4, -0.2) is 14.2 Å².